The summed E-state index contributed by atoms with van der Waals surface area (Å²) in [4.78, 5) is 2.71. The molecule has 3 heteroatoms. The van der Waals surface area contributed by atoms with E-state index in [2.05, 4.69) is 31.0 Å². The van der Waals surface area contributed by atoms with Crippen molar-refractivity contribution in [3.8, 4) is 0 Å². The maximum atomic E-state index is 6.17. The Morgan fingerprint density at radius 3 is 2.47 bits per heavy atom. The third-order valence-corrected chi connectivity index (χ3v) is 5.62. The fourth-order valence-corrected chi connectivity index (χ4v) is 4.45. The Morgan fingerprint density at radius 2 is 1.95 bits per heavy atom. The fraction of sp³-hybridized carbons (Fsp3) is 1.00. The highest BCUT2D eigenvalue weighted by Gasteiger charge is 2.47. The Labute approximate surface area is 118 Å². The molecule has 3 nitrogen and oxygen atoms in total. The highest BCUT2D eigenvalue weighted by Crippen LogP contribution is 2.41. The molecule has 0 bridgehead atoms. The van der Waals surface area contributed by atoms with Crippen LogP contribution in [0.15, 0.2) is 0 Å². The second-order valence-electron chi connectivity index (χ2n) is 8.19. The lowest BCUT2D eigenvalue weighted by Gasteiger charge is -2.33. The third kappa shape index (κ3) is 2.84. The molecule has 3 rings (SSSR count). The van der Waals surface area contributed by atoms with Crippen LogP contribution in [0.25, 0.3) is 0 Å². The zero-order valence-corrected chi connectivity index (χ0v) is 12.9. The molecular formula is C16H31N3. The van der Waals surface area contributed by atoms with E-state index in [9.17, 15) is 0 Å². The van der Waals surface area contributed by atoms with Gasteiger partial charge in [-0.05, 0) is 50.9 Å². The maximum absolute atomic E-state index is 6.17. The van der Waals surface area contributed by atoms with Gasteiger partial charge in [-0.3, -0.25) is 4.90 Å². The third-order valence-electron chi connectivity index (χ3n) is 5.62. The van der Waals surface area contributed by atoms with Crippen molar-refractivity contribution in [1.29, 1.82) is 0 Å². The van der Waals surface area contributed by atoms with Crippen molar-refractivity contribution in [2.24, 2.45) is 11.1 Å². The van der Waals surface area contributed by atoms with Gasteiger partial charge in [-0.15, -0.1) is 0 Å². The highest BCUT2D eigenvalue weighted by molar-refractivity contribution is 5.07. The van der Waals surface area contributed by atoms with Crippen LogP contribution >= 0.6 is 0 Å². The number of hydrogen-bond acceptors (Lipinski definition) is 3. The normalized spacial score (nSPS) is 42.9. The molecule has 1 saturated heterocycles. The van der Waals surface area contributed by atoms with E-state index in [0.29, 0.717) is 17.5 Å². The predicted molar refractivity (Wildman–Crippen MR) is 80.1 cm³/mol. The summed E-state index contributed by atoms with van der Waals surface area (Å²) in [6, 6.07) is 2.26. The van der Waals surface area contributed by atoms with Gasteiger partial charge >= 0.3 is 0 Å². The van der Waals surface area contributed by atoms with Crippen molar-refractivity contribution in [3.63, 3.8) is 0 Å². The molecule has 0 aromatic heterocycles. The summed E-state index contributed by atoms with van der Waals surface area (Å²) in [5.74, 6) is 0. The molecule has 0 amide bonds. The molecule has 3 aliphatic rings. The molecule has 19 heavy (non-hydrogen) atoms. The quantitative estimate of drug-likeness (QED) is 0.818. The van der Waals surface area contributed by atoms with Crippen LogP contribution in [0.1, 0.15) is 59.3 Å². The van der Waals surface area contributed by atoms with Gasteiger partial charge in [0.25, 0.3) is 0 Å². The summed E-state index contributed by atoms with van der Waals surface area (Å²) in [6.45, 7) is 9.15. The molecule has 1 heterocycles. The molecule has 1 aliphatic heterocycles. The van der Waals surface area contributed by atoms with Crippen LogP contribution in [-0.4, -0.2) is 41.7 Å². The van der Waals surface area contributed by atoms with Gasteiger partial charge < -0.3 is 11.1 Å². The Bertz CT molecular complexity index is 337. The summed E-state index contributed by atoms with van der Waals surface area (Å²) in [5.41, 5.74) is 6.88. The topological polar surface area (TPSA) is 41.3 Å². The lowest BCUT2D eigenvalue weighted by molar-refractivity contribution is 0.232. The second-order valence-corrected chi connectivity index (χ2v) is 8.19. The van der Waals surface area contributed by atoms with Gasteiger partial charge in [-0.2, -0.15) is 0 Å². The van der Waals surface area contributed by atoms with Gasteiger partial charge in [0.05, 0.1) is 0 Å². The van der Waals surface area contributed by atoms with E-state index in [-0.39, 0.29) is 5.54 Å². The zero-order valence-electron chi connectivity index (χ0n) is 12.9. The average Bonchev–Trinajstić information content (AvgIpc) is 3.05. The van der Waals surface area contributed by atoms with Gasteiger partial charge in [0.1, 0.15) is 0 Å². The minimum absolute atomic E-state index is 0.188. The van der Waals surface area contributed by atoms with Crippen LogP contribution in [0.5, 0.6) is 0 Å². The van der Waals surface area contributed by atoms with Crippen molar-refractivity contribution in [2.75, 3.05) is 13.1 Å². The molecule has 3 fully saturated rings. The predicted octanol–water partition coefficient (Wildman–Crippen LogP) is 2.11. The lowest BCUT2D eigenvalue weighted by atomic mass is 9.90. The van der Waals surface area contributed by atoms with Crippen LogP contribution in [-0.2, 0) is 0 Å². The van der Waals surface area contributed by atoms with Crippen LogP contribution in [0.2, 0.25) is 0 Å². The number of likely N-dealkylation sites (tertiary alicyclic amines) is 1. The number of nitrogens with two attached hydrogens (primary N) is 1. The van der Waals surface area contributed by atoms with Gasteiger partial charge in [0, 0.05) is 36.8 Å². The van der Waals surface area contributed by atoms with E-state index in [1.54, 1.807) is 0 Å². The standard InChI is InChI=1S/C16H31N3/c1-12-8-16(10-17,11-19(12)14-4-5-14)18-13-6-7-15(2,3)9-13/h12-14,18H,4-11,17H2,1-3H3. The maximum Gasteiger partial charge on any atom is 0.0449 e. The molecule has 0 aromatic carbocycles. The van der Waals surface area contributed by atoms with Crippen molar-refractivity contribution in [2.45, 2.75) is 83.0 Å². The van der Waals surface area contributed by atoms with Crippen molar-refractivity contribution in [1.82, 2.24) is 10.2 Å². The fourth-order valence-electron chi connectivity index (χ4n) is 4.45. The van der Waals surface area contributed by atoms with Crippen LogP contribution in [0, 0.1) is 5.41 Å². The molecule has 0 spiro atoms. The first-order valence-corrected chi connectivity index (χ1v) is 8.17. The van der Waals surface area contributed by atoms with Crippen LogP contribution in [0.4, 0.5) is 0 Å². The molecule has 3 atom stereocenters. The molecule has 0 aromatic rings. The van der Waals surface area contributed by atoms with E-state index in [1.807, 2.05) is 0 Å². The Kier molecular flexibility index (Phi) is 3.43. The minimum Gasteiger partial charge on any atom is -0.329 e. The zero-order chi connectivity index (χ0) is 13.7. The molecule has 110 valence electrons. The van der Waals surface area contributed by atoms with Crippen LogP contribution in [0.3, 0.4) is 0 Å². The average molecular weight is 265 g/mol. The minimum atomic E-state index is 0.188. The first-order chi connectivity index (χ1) is 8.93. The summed E-state index contributed by atoms with van der Waals surface area (Å²) < 4.78 is 0. The summed E-state index contributed by atoms with van der Waals surface area (Å²) in [5, 5.41) is 3.97. The lowest BCUT2D eigenvalue weighted by Crippen LogP contribution is -2.56. The Morgan fingerprint density at radius 1 is 1.21 bits per heavy atom. The summed E-state index contributed by atoms with van der Waals surface area (Å²) in [6.07, 6.45) is 8.03. The van der Waals surface area contributed by atoms with E-state index in [1.165, 1.54) is 45.1 Å². The Hall–Kier alpha value is -0.120. The second kappa shape index (κ2) is 4.71. The van der Waals surface area contributed by atoms with Crippen LogP contribution < -0.4 is 11.1 Å². The van der Waals surface area contributed by atoms with Crippen molar-refractivity contribution < 1.29 is 0 Å². The molecule has 2 aliphatic carbocycles. The summed E-state index contributed by atoms with van der Waals surface area (Å²) >= 11 is 0. The monoisotopic (exact) mass is 265 g/mol. The van der Waals surface area contributed by atoms with E-state index >= 15 is 0 Å². The SMILES string of the molecule is CC1CC(CN)(NC2CCC(C)(C)C2)CN1C1CC1. The van der Waals surface area contributed by atoms with E-state index in [4.69, 9.17) is 5.73 Å². The van der Waals surface area contributed by atoms with Gasteiger partial charge in [0.2, 0.25) is 0 Å². The number of hydrogen-bond donors (Lipinski definition) is 2. The smallest absolute Gasteiger partial charge is 0.0449 e. The van der Waals surface area contributed by atoms with E-state index < -0.39 is 0 Å². The molecular weight excluding hydrogens is 234 g/mol. The van der Waals surface area contributed by atoms with E-state index in [0.717, 1.165) is 12.6 Å². The van der Waals surface area contributed by atoms with Crippen molar-refractivity contribution in [3.05, 3.63) is 0 Å². The number of nitrogens with one attached hydrogen (secondary N) is 1. The van der Waals surface area contributed by atoms with Gasteiger partial charge in [0.15, 0.2) is 0 Å². The molecule has 3 unspecified atom stereocenters. The first kappa shape index (κ1) is 13.8. The first-order valence-electron chi connectivity index (χ1n) is 8.17. The van der Waals surface area contributed by atoms with Crippen molar-refractivity contribution >= 4 is 0 Å². The van der Waals surface area contributed by atoms with Gasteiger partial charge in [-0.25, -0.2) is 0 Å². The highest BCUT2D eigenvalue weighted by atomic mass is 15.3. The molecule has 0 radical (unpaired) electrons. The largest absolute Gasteiger partial charge is 0.329 e. The number of rotatable bonds is 4. The van der Waals surface area contributed by atoms with Gasteiger partial charge in [-0.1, -0.05) is 13.8 Å². The number of nitrogens with zero attached hydrogens (tertiary/aromatic N) is 1. The molecule has 3 N–H and O–H groups in total. The Balaban J connectivity index is 1.64. The summed E-state index contributed by atoms with van der Waals surface area (Å²) in [7, 11) is 0. The molecule has 2 saturated carbocycles.